The lowest BCUT2D eigenvalue weighted by Gasteiger charge is -2.19. The third-order valence-electron chi connectivity index (χ3n) is 4.96. The van der Waals surface area contributed by atoms with E-state index < -0.39 is 6.10 Å². The number of benzene rings is 2. The lowest BCUT2D eigenvalue weighted by Crippen LogP contribution is -2.05. The molecule has 1 unspecified atom stereocenters. The highest BCUT2D eigenvalue weighted by Gasteiger charge is 2.18. The molecule has 0 aliphatic heterocycles. The number of hydrogen-bond donors (Lipinski definition) is 2. The standard InChI is InChI=1S/C24H32O5S.3CH4/c1-5-7-19-21(11-10-18(16(3)26)24(19)28-4)29-15-30-22-12-9-17(13-14-25)23(27)20(22)8-6-2;;;/h9-12,14,16,26-27H,5-8,13,15H2,1-4H3;3*1H4. The van der Waals surface area contributed by atoms with E-state index in [0.29, 0.717) is 17.3 Å². The Kier molecular flexibility index (Phi) is 16.4. The summed E-state index contributed by atoms with van der Waals surface area (Å²) < 4.78 is 11.7. The fourth-order valence-corrected chi connectivity index (χ4v) is 4.37. The molecule has 0 aliphatic carbocycles. The van der Waals surface area contributed by atoms with Crippen LogP contribution in [0.3, 0.4) is 0 Å². The van der Waals surface area contributed by atoms with Crippen LogP contribution in [0.2, 0.25) is 0 Å². The molecule has 2 aromatic rings. The molecule has 2 N–H and O–H groups in total. The van der Waals surface area contributed by atoms with Gasteiger partial charge in [0, 0.05) is 33.6 Å². The number of phenolic OH excluding ortho intramolecular Hbond substituents is 1. The van der Waals surface area contributed by atoms with Crippen molar-refractivity contribution in [2.45, 2.75) is 86.2 Å². The fourth-order valence-electron chi connectivity index (χ4n) is 3.52. The Morgan fingerprint density at radius 1 is 1.03 bits per heavy atom. The van der Waals surface area contributed by atoms with Gasteiger partial charge in [0.15, 0.2) is 0 Å². The summed E-state index contributed by atoms with van der Waals surface area (Å²) in [6, 6.07) is 7.47. The molecule has 33 heavy (non-hydrogen) atoms. The number of carbonyl (C=O) groups is 1. The minimum atomic E-state index is -0.622. The maximum atomic E-state index is 10.9. The molecule has 0 saturated heterocycles. The van der Waals surface area contributed by atoms with Gasteiger partial charge in [-0.1, -0.05) is 66.8 Å². The highest BCUT2D eigenvalue weighted by molar-refractivity contribution is 7.99. The fraction of sp³-hybridized carbons (Fsp3) is 0.519. The Morgan fingerprint density at radius 3 is 2.21 bits per heavy atom. The number of aliphatic hydroxyl groups excluding tert-OH is 1. The van der Waals surface area contributed by atoms with Gasteiger partial charge in [-0.15, -0.1) is 0 Å². The number of thioether (sulfide) groups is 1. The summed E-state index contributed by atoms with van der Waals surface area (Å²) >= 11 is 1.51. The second-order valence-corrected chi connectivity index (χ2v) is 8.13. The molecule has 0 saturated carbocycles. The van der Waals surface area contributed by atoms with Gasteiger partial charge >= 0.3 is 0 Å². The number of aldehydes is 1. The quantitative estimate of drug-likeness (QED) is 0.191. The summed E-state index contributed by atoms with van der Waals surface area (Å²) in [5.41, 5.74) is 3.22. The molecular weight excluding hydrogens is 436 g/mol. The Balaban J connectivity index is 0. The number of rotatable bonds is 12. The van der Waals surface area contributed by atoms with Crippen molar-refractivity contribution in [3.05, 3.63) is 46.5 Å². The molecule has 6 heteroatoms. The Labute approximate surface area is 205 Å². The van der Waals surface area contributed by atoms with Crippen LogP contribution in [-0.4, -0.2) is 29.5 Å². The molecule has 0 spiro atoms. The van der Waals surface area contributed by atoms with Crippen LogP contribution in [0.25, 0.3) is 0 Å². The summed E-state index contributed by atoms with van der Waals surface area (Å²) in [5.74, 6) is 2.00. The molecule has 0 bridgehead atoms. The van der Waals surface area contributed by atoms with Crippen molar-refractivity contribution in [2.24, 2.45) is 0 Å². The zero-order valence-electron chi connectivity index (χ0n) is 18.2. The van der Waals surface area contributed by atoms with E-state index >= 15 is 0 Å². The van der Waals surface area contributed by atoms with Crippen molar-refractivity contribution in [1.29, 1.82) is 0 Å². The third kappa shape index (κ3) is 8.27. The van der Waals surface area contributed by atoms with E-state index in [1.807, 2.05) is 18.2 Å². The van der Waals surface area contributed by atoms with Crippen LogP contribution in [0, 0.1) is 0 Å². The second kappa shape index (κ2) is 16.4. The first kappa shape index (κ1) is 33.0. The van der Waals surface area contributed by atoms with Crippen molar-refractivity contribution in [3.63, 3.8) is 0 Å². The van der Waals surface area contributed by atoms with E-state index in [0.717, 1.165) is 59.3 Å². The first-order valence-corrected chi connectivity index (χ1v) is 11.4. The molecule has 0 radical (unpaired) electrons. The molecule has 5 nitrogen and oxygen atoms in total. The molecule has 188 valence electrons. The maximum Gasteiger partial charge on any atom is 0.138 e. The predicted molar refractivity (Wildman–Crippen MR) is 141 cm³/mol. The van der Waals surface area contributed by atoms with E-state index in [1.54, 1.807) is 20.1 Å². The van der Waals surface area contributed by atoms with Gasteiger partial charge in [-0.3, -0.25) is 0 Å². The average molecular weight is 481 g/mol. The summed E-state index contributed by atoms with van der Waals surface area (Å²) in [6.07, 6.45) is 3.73. The van der Waals surface area contributed by atoms with Crippen molar-refractivity contribution < 1.29 is 24.5 Å². The van der Waals surface area contributed by atoms with Gasteiger partial charge in [-0.05, 0) is 38.0 Å². The number of methoxy groups -OCH3 is 1. The predicted octanol–water partition coefficient (Wildman–Crippen LogP) is 7.14. The van der Waals surface area contributed by atoms with Gasteiger partial charge in [0.25, 0.3) is 0 Å². The summed E-state index contributed by atoms with van der Waals surface area (Å²) in [7, 11) is 1.61. The highest BCUT2D eigenvalue weighted by Crippen LogP contribution is 2.38. The van der Waals surface area contributed by atoms with E-state index in [9.17, 15) is 15.0 Å². The van der Waals surface area contributed by atoms with Gasteiger partial charge in [-0.2, -0.15) is 0 Å². The van der Waals surface area contributed by atoms with E-state index in [-0.39, 0.29) is 34.5 Å². The highest BCUT2D eigenvalue weighted by atomic mass is 32.2. The number of phenols is 1. The van der Waals surface area contributed by atoms with Crippen molar-refractivity contribution in [1.82, 2.24) is 0 Å². The molecule has 0 fully saturated rings. The normalized spacial score (nSPS) is 10.8. The van der Waals surface area contributed by atoms with E-state index in [1.165, 1.54) is 11.8 Å². The van der Waals surface area contributed by atoms with Gasteiger partial charge in [0.05, 0.1) is 13.2 Å². The van der Waals surface area contributed by atoms with Crippen LogP contribution in [0.4, 0.5) is 0 Å². The van der Waals surface area contributed by atoms with Gasteiger partial charge in [0.1, 0.15) is 29.5 Å². The number of aliphatic hydroxyl groups is 1. The van der Waals surface area contributed by atoms with E-state index in [4.69, 9.17) is 9.47 Å². The molecule has 1 atom stereocenters. The third-order valence-corrected chi connectivity index (χ3v) is 5.89. The summed E-state index contributed by atoms with van der Waals surface area (Å²) in [4.78, 5) is 11.8. The van der Waals surface area contributed by atoms with Crippen LogP contribution in [0.5, 0.6) is 17.2 Å². The van der Waals surface area contributed by atoms with Crippen LogP contribution >= 0.6 is 11.8 Å². The summed E-state index contributed by atoms with van der Waals surface area (Å²) in [6.45, 7) is 5.87. The largest absolute Gasteiger partial charge is 0.507 e. The van der Waals surface area contributed by atoms with Gasteiger partial charge < -0.3 is 24.5 Å². The smallest absolute Gasteiger partial charge is 0.138 e. The SMILES string of the molecule is C.C.C.CCCc1c(SCOc2ccc(C(C)O)c(OC)c2CCC)ccc(CC=O)c1O. The Hall–Kier alpha value is -2.18. The number of carbonyl (C=O) groups excluding carboxylic acids is 1. The molecule has 0 heterocycles. The zero-order chi connectivity index (χ0) is 22.1. The van der Waals surface area contributed by atoms with E-state index in [2.05, 4.69) is 13.8 Å². The van der Waals surface area contributed by atoms with Gasteiger partial charge in [0.2, 0.25) is 0 Å². The molecule has 0 amide bonds. The van der Waals surface area contributed by atoms with Crippen LogP contribution < -0.4 is 9.47 Å². The lowest BCUT2D eigenvalue weighted by molar-refractivity contribution is -0.107. The molecule has 2 aromatic carbocycles. The average Bonchev–Trinajstić information content (AvgIpc) is 2.73. The number of hydrogen-bond acceptors (Lipinski definition) is 6. The van der Waals surface area contributed by atoms with Crippen LogP contribution in [0.1, 0.15) is 84.3 Å². The minimum absolute atomic E-state index is 0. The lowest BCUT2D eigenvalue weighted by atomic mass is 10.0. The second-order valence-electron chi connectivity index (χ2n) is 7.17. The number of ether oxygens (including phenoxy) is 2. The molecular formula is C27H44O5S. The molecule has 0 aliphatic rings. The summed E-state index contributed by atoms with van der Waals surface area (Å²) in [5, 5.41) is 20.6. The van der Waals surface area contributed by atoms with Crippen molar-refractivity contribution in [2.75, 3.05) is 13.0 Å². The number of aromatic hydroxyl groups is 1. The van der Waals surface area contributed by atoms with Crippen molar-refractivity contribution in [3.8, 4) is 17.2 Å². The van der Waals surface area contributed by atoms with Crippen LogP contribution in [-0.2, 0) is 24.1 Å². The Morgan fingerprint density at radius 2 is 1.67 bits per heavy atom. The van der Waals surface area contributed by atoms with Crippen LogP contribution in [0.15, 0.2) is 29.2 Å². The monoisotopic (exact) mass is 480 g/mol. The first-order chi connectivity index (χ1) is 14.5. The first-order valence-electron chi connectivity index (χ1n) is 10.4. The maximum absolute atomic E-state index is 10.9. The molecule has 2 rings (SSSR count). The topological polar surface area (TPSA) is 76.0 Å². The van der Waals surface area contributed by atoms with Gasteiger partial charge in [-0.25, -0.2) is 0 Å². The zero-order valence-corrected chi connectivity index (χ0v) is 19.1. The minimum Gasteiger partial charge on any atom is -0.507 e. The van der Waals surface area contributed by atoms with Crippen molar-refractivity contribution >= 4 is 18.0 Å². The Bertz CT molecular complexity index is 849. The molecule has 0 aromatic heterocycles.